The lowest BCUT2D eigenvalue weighted by Gasteiger charge is -2.33. The number of carbonyl (C=O) groups is 1. The summed E-state index contributed by atoms with van der Waals surface area (Å²) in [6.07, 6.45) is 4.59. The Kier molecular flexibility index (Phi) is 3.56. The summed E-state index contributed by atoms with van der Waals surface area (Å²) in [7, 11) is 2.11. The Bertz CT molecular complexity index is 721. The van der Waals surface area contributed by atoms with Crippen molar-refractivity contribution in [2.75, 3.05) is 25.0 Å². The highest BCUT2D eigenvalue weighted by Gasteiger charge is 2.32. The van der Waals surface area contributed by atoms with Crippen LogP contribution >= 0.6 is 0 Å². The number of hydrogen-bond acceptors (Lipinski definition) is 4. The van der Waals surface area contributed by atoms with Gasteiger partial charge in [-0.05, 0) is 36.8 Å². The fourth-order valence-corrected chi connectivity index (χ4v) is 3.44. The first kappa shape index (κ1) is 14.3. The molecule has 1 saturated carbocycles. The second kappa shape index (κ2) is 5.72. The third kappa shape index (κ3) is 2.83. The van der Waals surface area contributed by atoms with Crippen molar-refractivity contribution in [3.05, 3.63) is 47.7 Å². The van der Waals surface area contributed by atoms with Crippen LogP contribution < -0.4 is 10.2 Å². The van der Waals surface area contributed by atoms with Gasteiger partial charge in [-0.2, -0.15) is 0 Å². The molecule has 1 aromatic heterocycles. The molecule has 1 atom stereocenters. The Balaban J connectivity index is 1.40. The fraction of sp³-hybridized carbons (Fsp3) is 0.444. The molecule has 4 rings (SSSR count). The number of hydrogen-bond donors (Lipinski definition) is 1. The molecular weight excluding hydrogens is 290 g/mol. The second-order valence-electron chi connectivity index (χ2n) is 6.63. The summed E-state index contributed by atoms with van der Waals surface area (Å²) in [6, 6.07) is 8.47. The zero-order valence-corrected chi connectivity index (χ0v) is 13.3. The number of rotatable bonds is 4. The lowest BCUT2D eigenvalue weighted by molar-refractivity contribution is 0.0918. The van der Waals surface area contributed by atoms with Crippen molar-refractivity contribution in [3.63, 3.8) is 0 Å². The molecule has 1 aliphatic carbocycles. The molecule has 2 heterocycles. The first-order valence-electron chi connectivity index (χ1n) is 8.23. The van der Waals surface area contributed by atoms with E-state index in [0.29, 0.717) is 24.1 Å². The van der Waals surface area contributed by atoms with Crippen LogP contribution in [-0.2, 0) is 6.42 Å². The predicted octanol–water partition coefficient (Wildman–Crippen LogP) is 2.59. The maximum atomic E-state index is 12.4. The molecule has 0 spiro atoms. The third-order valence-corrected chi connectivity index (χ3v) is 4.76. The average Bonchev–Trinajstić information content (AvgIpc) is 3.29. The number of amides is 1. The number of para-hydroxylation sites is 1. The van der Waals surface area contributed by atoms with Crippen LogP contribution in [0.4, 0.5) is 5.69 Å². The van der Waals surface area contributed by atoms with Gasteiger partial charge in [-0.3, -0.25) is 4.79 Å². The van der Waals surface area contributed by atoms with Crippen molar-refractivity contribution in [2.45, 2.75) is 25.2 Å². The summed E-state index contributed by atoms with van der Waals surface area (Å²) in [5.41, 5.74) is 3.47. The normalized spacial score (nSPS) is 20.2. The SMILES string of the molecule is CN1CC(CNC(=O)c2ocnc2C2CC2)Cc2ccccc21. The Labute approximate surface area is 135 Å². The van der Waals surface area contributed by atoms with Gasteiger partial charge in [0.2, 0.25) is 5.76 Å². The van der Waals surface area contributed by atoms with Crippen LogP contribution in [0.3, 0.4) is 0 Å². The monoisotopic (exact) mass is 311 g/mol. The Morgan fingerprint density at radius 3 is 3.04 bits per heavy atom. The molecule has 1 aromatic carbocycles. The Hall–Kier alpha value is -2.30. The van der Waals surface area contributed by atoms with Gasteiger partial charge in [0, 0.05) is 31.7 Å². The average molecular weight is 311 g/mol. The lowest BCUT2D eigenvalue weighted by Crippen LogP contribution is -2.39. The molecule has 1 amide bonds. The van der Waals surface area contributed by atoms with Gasteiger partial charge in [-0.25, -0.2) is 4.98 Å². The van der Waals surface area contributed by atoms with E-state index < -0.39 is 0 Å². The molecule has 1 aliphatic heterocycles. The number of carbonyl (C=O) groups excluding carboxylic acids is 1. The number of fused-ring (bicyclic) bond motifs is 1. The van der Waals surface area contributed by atoms with Crippen LogP contribution in [0.25, 0.3) is 0 Å². The molecule has 0 saturated heterocycles. The summed E-state index contributed by atoms with van der Waals surface area (Å²) in [5.74, 6) is 1.09. The Morgan fingerprint density at radius 1 is 1.39 bits per heavy atom. The van der Waals surface area contributed by atoms with Gasteiger partial charge in [0.05, 0.1) is 5.69 Å². The van der Waals surface area contributed by atoms with E-state index in [1.807, 2.05) is 0 Å². The highest BCUT2D eigenvalue weighted by atomic mass is 16.3. The summed E-state index contributed by atoms with van der Waals surface area (Å²) in [4.78, 5) is 18.8. The van der Waals surface area contributed by atoms with Crippen molar-refractivity contribution >= 4 is 11.6 Å². The van der Waals surface area contributed by atoms with Crippen molar-refractivity contribution in [1.29, 1.82) is 0 Å². The molecule has 2 aromatic rings. The number of nitrogens with one attached hydrogen (secondary N) is 1. The summed E-state index contributed by atoms with van der Waals surface area (Å²) >= 11 is 0. The van der Waals surface area contributed by atoms with Crippen molar-refractivity contribution in [1.82, 2.24) is 10.3 Å². The second-order valence-corrected chi connectivity index (χ2v) is 6.63. The maximum absolute atomic E-state index is 12.4. The molecule has 120 valence electrons. The summed E-state index contributed by atoms with van der Waals surface area (Å²) in [6.45, 7) is 1.60. The van der Waals surface area contributed by atoms with E-state index in [1.54, 1.807) is 0 Å². The van der Waals surface area contributed by atoms with E-state index in [-0.39, 0.29) is 5.91 Å². The fourth-order valence-electron chi connectivity index (χ4n) is 3.44. The molecule has 0 radical (unpaired) electrons. The number of oxazole rings is 1. The number of nitrogens with zero attached hydrogens (tertiary/aromatic N) is 2. The van der Waals surface area contributed by atoms with Crippen LogP contribution in [0.2, 0.25) is 0 Å². The van der Waals surface area contributed by atoms with E-state index >= 15 is 0 Å². The first-order valence-corrected chi connectivity index (χ1v) is 8.23. The largest absolute Gasteiger partial charge is 0.438 e. The highest BCUT2D eigenvalue weighted by molar-refractivity contribution is 5.92. The topological polar surface area (TPSA) is 58.4 Å². The third-order valence-electron chi connectivity index (χ3n) is 4.76. The molecule has 23 heavy (non-hydrogen) atoms. The van der Waals surface area contributed by atoms with Gasteiger partial charge in [0.15, 0.2) is 6.39 Å². The molecule has 1 unspecified atom stereocenters. The van der Waals surface area contributed by atoms with Crippen LogP contribution in [0.1, 0.15) is 40.6 Å². The van der Waals surface area contributed by atoms with E-state index in [2.05, 4.69) is 46.5 Å². The zero-order valence-electron chi connectivity index (χ0n) is 13.3. The van der Waals surface area contributed by atoms with Crippen molar-refractivity contribution in [2.24, 2.45) is 5.92 Å². The molecule has 1 fully saturated rings. The minimum Gasteiger partial charge on any atom is -0.438 e. The minimum absolute atomic E-state index is 0.133. The molecule has 0 bridgehead atoms. The molecular formula is C18H21N3O2. The molecule has 1 N–H and O–H groups in total. The van der Waals surface area contributed by atoms with Gasteiger partial charge >= 0.3 is 0 Å². The van der Waals surface area contributed by atoms with Crippen LogP contribution in [0.15, 0.2) is 35.1 Å². The highest BCUT2D eigenvalue weighted by Crippen LogP contribution is 2.40. The number of benzene rings is 1. The molecule has 2 aliphatic rings. The van der Waals surface area contributed by atoms with Crippen molar-refractivity contribution in [3.8, 4) is 0 Å². The smallest absolute Gasteiger partial charge is 0.289 e. The standard InChI is InChI=1S/C18H21N3O2/c1-21-10-12(8-14-4-2-3-5-15(14)21)9-19-18(22)17-16(13-6-7-13)20-11-23-17/h2-5,11-13H,6-10H2,1H3,(H,19,22). The van der Waals surface area contributed by atoms with Gasteiger partial charge in [0.1, 0.15) is 0 Å². The summed E-state index contributed by atoms with van der Waals surface area (Å²) in [5, 5.41) is 3.03. The van der Waals surface area contributed by atoms with Gasteiger partial charge < -0.3 is 14.6 Å². The van der Waals surface area contributed by atoms with E-state index in [1.165, 1.54) is 17.6 Å². The maximum Gasteiger partial charge on any atom is 0.289 e. The van der Waals surface area contributed by atoms with Crippen LogP contribution in [0, 0.1) is 5.92 Å². The summed E-state index contributed by atoms with van der Waals surface area (Å²) < 4.78 is 5.31. The van der Waals surface area contributed by atoms with Crippen LogP contribution in [0.5, 0.6) is 0 Å². The quantitative estimate of drug-likeness (QED) is 0.943. The number of anilines is 1. The van der Waals surface area contributed by atoms with Gasteiger partial charge in [-0.1, -0.05) is 18.2 Å². The van der Waals surface area contributed by atoms with Crippen LogP contribution in [-0.4, -0.2) is 31.0 Å². The Morgan fingerprint density at radius 2 is 2.22 bits per heavy atom. The van der Waals surface area contributed by atoms with E-state index in [0.717, 1.165) is 31.5 Å². The number of aromatic nitrogens is 1. The van der Waals surface area contributed by atoms with Crippen molar-refractivity contribution < 1.29 is 9.21 Å². The van der Waals surface area contributed by atoms with Gasteiger partial charge in [-0.15, -0.1) is 0 Å². The molecule has 5 heteroatoms. The molecule has 5 nitrogen and oxygen atoms in total. The minimum atomic E-state index is -0.133. The van der Waals surface area contributed by atoms with E-state index in [9.17, 15) is 4.79 Å². The van der Waals surface area contributed by atoms with Gasteiger partial charge in [0.25, 0.3) is 5.91 Å². The van der Waals surface area contributed by atoms with E-state index in [4.69, 9.17) is 4.42 Å². The zero-order chi connectivity index (χ0) is 15.8. The lowest BCUT2D eigenvalue weighted by atomic mass is 9.93. The first-order chi connectivity index (χ1) is 11.2. The predicted molar refractivity (Wildman–Crippen MR) is 87.7 cm³/mol.